The zero-order valence-corrected chi connectivity index (χ0v) is 44.2. The van der Waals surface area contributed by atoms with Crippen molar-refractivity contribution in [1.82, 2.24) is 0 Å². The summed E-state index contributed by atoms with van der Waals surface area (Å²) in [6.07, 6.45) is 4.72. The molecule has 65 heavy (non-hydrogen) atoms. The van der Waals surface area contributed by atoms with Crippen LogP contribution in [0, 0.1) is 6.92 Å². The third-order valence-electron chi connectivity index (χ3n) is 16.6. The molecule has 2 aliphatic carbocycles. The van der Waals surface area contributed by atoms with Crippen molar-refractivity contribution in [2.24, 2.45) is 0 Å². The molecule has 0 unspecified atom stereocenters. The summed E-state index contributed by atoms with van der Waals surface area (Å²) in [6.45, 7) is 43.6. The topological polar surface area (TPSA) is 19.6 Å². The second-order valence-corrected chi connectivity index (χ2v) is 31.6. The molecule has 0 amide bonds. The van der Waals surface area contributed by atoms with Crippen molar-refractivity contribution in [3.63, 3.8) is 0 Å². The summed E-state index contributed by atoms with van der Waals surface area (Å²) in [5.74, 6) is 0. The molecule has 5 aromatic carbocycles. The van der Waals surface area contributed by atoms with E-state index in [0.717, 1.165) is 11.2 Å². The maximum absolute atomic E-state index is 7.50. The van der Waals surface area contributed by atoms with Crippen LogP contribution in [0.3, 0.4) is 0 Å². The minimum atomic E-state index is -1.93. The lowest BCUT2D eigenvalue weighted by atomic mass is 9.35. The van der Waals surface area contributed by atoms with Crippen LogP contribution in [0.4, 0.5) is 34.1 Å². The molecule has 10 rings (SSSR count). The monoisotopic (exact) mass is 879 g/mol. The number of aryl methyl sites for hydroxylation is 1. The molecule has 5 heteroatoms. The zero-order valence-electron chi connectivity index (χ0n) is 43.2. The Morgan fingerprint density at radius 2 is 1.06 bits per heavy atom. The summed E-state index contributed by atoms with van der Waals surface area (Å²) in [7, 11) is -1.93. The summed E-state index contributed by atoms with van der Waals surface area (Å²) < 4.78 is 7.50. The molecule has 4 aliphatic rings. The van der Waals surface area contributed by atoms with E-state index < -0.39 is 8.07 Å². The third-order valence-corrected chi connectivity index (χ3v) is 18.7. The third kappa shape index (κ3) is 6.77. The van der Waals surface area contributed by atoms with E-state index in [9.17, 15) is 0 Å². The number of hydrogen-bond acceptors (Lipinski definition) is 3. The molecule has 0 bridgehead atoms. The largest absolute Gasteiger partial charge is 0.468 e. The van der Waals surface area contributed by atoms with Gasteiger partial charge in [-0.05, 0) is 169 Å². The Morgan fingerprint density at radius 3 is 1.65 bits per heavy atom. The summed E-state index contributed by atoms with van der Waals surface area (Å²) in [4.78, 5) is 5.35. The van der Waals surface area contributed by atoms with Crippen LogP contribution in [0.1, 0.15) is 162 Å². The van der Waals surface area contributed by atoms with Gasteiger partial charge in [0.1, 0.15) is 5.58 Å². The fourth-order valence-electron chi connectivity index (χ4n) is 12.2. The normalized spacial score (nSPS) is 19.1. The lowest BCUT2D eigenvalue weighted by Gasteiger charge is -2.47. The van der Waals surface area contributed by atoms with Crippen LogP contribution < -0.4 is 31.6 Å². The molecule has 338 valence electrons. The number of anilines is 6. The van der Waals surface area contributed by atoms with Crippen LogP contribution in [0.5, 0.6) is 0 Å². The van der Waals surface area contributed by atoms with E-state index in [2.05, 4.69) is 212 Å². The van der Waals surface area contributed by atoms with Crippen LogP contribution in [0.15, 0.2) is 83.3 Å². The Hall–Kier alpha value is -4.48. The molecule has 0 saturated carbocycles. The van der Waals surface area contributed by atoms with Gasteiger partial charge in [-0.1, -0.05) is 147 Å². The predicted molar refractivity (Wildman–Crippen MR) is 286 cm³/mol. The highest BCUT2D eigenvalue weighted by atomic mass is 28.3. The lowest BCUT2D eigenvalue weighted by Crippen LogP contribution is -2.61. The average molecular weight is 879 g/mol. The first-order valence-electron chi connectivity index (χ1n) is 24.8. The second-order valence-electron chi connectivity index (χ2n) is 26.6. The van der Waals surface area contributed by atoms with Crippen LogP contribution >= 0.6 is 0 Å². The average Bonchev–Trinajstić information content (AvgIpc) is 3.58. The van der Waals surface area contributed by atoms with Crippen molar-refractivity contribution in [1.29, 1.82) is 0 Å². The molecule has 2 aliphatic heterocycles. The molecule has 0 spiro atoms. The molecular weight excluding hydrogens is 804 g/mol. The van der Waals surface area contributed by atoms with E-state index in [0.29, 0.717) is 0 Å². The van der Waals surface area contributed by atoms with Gasteiger partial charge in [0.05, 0.1) is 19.4 Å². The Labute approximate surface area is 393 Å². The van der Waals surface area contributed by atoms with Gasteiger partial charge in [-0.3, -0.25) is 0 Å². The molecule has 0 saturated heterocycles. The van der Waals surface area contributed by atoms with Gasteiger partial charge in [0.15, 0.2) is 0 Å². The maximum atomic E-state index is 7.50. The smallest absolute Gasteiger partial charge is 0.297 e. The number of hydrogen-bond donors (Lipinski definition) is 0. The number of benzene rings is 5. The quantitative estimate of drug-likeness (QED) is 0.165. The number of furan rings is 1. The second kappa shape index (κ2) is 13.8. The number of nitrogens with zero attached hydrogens (tertiary/aromatic N) is 2. The summed E-state index contributed by atoms with van der Waals surface area (Å²) >= 11 is 0. The predicted octanol–water partition coefficient (Wildman–Crippen LogP) is 14.7. The van der Waals surface area contributed by atoms with Gasteiger partial charge in [0, 0.05) is 33.8 Å². The first-order chi connectivity index (χ1) is 30.0. The van der Waals surface area contributed by atoms with Crippen molar-refractivity contribution >= 4 is 81.7 Å². The van der Waals surface area contributed by atoms with Gasteiger partial charge in [-0.25, -0.2) is 0 Å². The minimum absolute atomic E-state index is 0.0224. The number of rotatable bonds is 3. The van der Waals surface area contributed by atoms with E-state index >= 15 is 0 Å². The zero-order chi connectivity index (χ0) is 46.9. The summed E-state index contributed by atoms with van der Waals surface area (Å²) in [5.41, 5.74) is 22.6. The van der Waals surface area contributed by atoms with Crippen LogP contribution in [-0.4, -0.2) is 14.8 Å². The minimum Gasteiger partial charge on any atom is -0.468 e. The summed E-state index contributed by atoms with van der Waals surface area (Å²) in [5, 5.41) is 2.68. The first-order valence-corrected chi connectivity index (χ1v) is 28.3. The Bertz CT molecular complexity index is 2980. The van der Waals surface area contributed by atoms with Crippen LogP contribution in [0.2, 0.25) is 19.6 Å². The highest BCUT2D eigenvalue weighted by molar-refractivity contribution is 7.00. The SMILES string of the molecule is Cc1cc2c3c(c1)N(c1ccc(C(C)(C)C)cc1[Si](C)(C)C)c1c(oc4ccc(C(C)(C)C)cc14)B3c1cc3c(cc1N2c1ccc2c(c1)C(C)(C)CCC2(C)C)C(C)(C)CCC3(C)C. The van der Waals surface area contributed by atoms with Crippen LogP contribution in [-0.2, 0) is 32.5 Å². The highest BCUT2D eigenvalue weighted by Crippen LogP contribution is 2.53. The Morgan fingerprint density at radius 1 is 0.538 bits per heavy atom. The van der Waals surface area contributed by atoms with Gasteiger partial charge in [0.2, 0.25) is 0 Å². The van der Waals surface area contributed by atoms with Crippen molar-refractivity contribution in [2.75, 3.05) is 9.80 Å². The van der Waals surface area contributed by atoms with Gasteiger partial charge in [0.25, 0.3) is 6.71 Å². The van der Waals surface area contributed by atoms with Crippen molar-refractivity contribution < 1.29 is 4.42 Å². The summed E-state index contributed by atoms with van der Waals surface area (Å²) in [6, 6.07) is 32.2. The molecule has 0 radical (unpaired) electrons. The van der Waals surface area contributed by atoms with Crippen molar-refractivity contribution in [3.8, 4) is 0 Å². The van der Waals surface area contributed by atoms with E-state index in [1.807, 2.05) is 0 Å². The molecule has 3 heterocycles. The van der Waals surface area contributed by atoms with Crippen molar-refractivity contribution in [3.05, 3.63) is 118 Å². The molecule has 0 N–H and O–H groups in total. The van der Waals surface area contributed by atoms with E-state index in [1.54, 1.807) is 0 Å². The molecular formula is C60H75BN2OSi. The standard InChI is InChI=1S/C60H75BN2OSi/c1-36-29-48-52-49(30-36)63(46-23-19-38(56(5,6)7)32-51(46)65(16,17)18)53-40-31-37(55(2,3)4)20-24-50(40)64-54(53)61(52)45-34-43-44(60(14,15)28-27-59(43,12)13)35-47(45)62(48)39-21-22-41-42(33-39)58(10,11)26-25-57(41,8)9/h19-24,29-35H,25-28H2,1-18H3. The molecule has 3 nitrogen and oxygen atoms in total. The number of fused-ring (bicyclic) bond motifs is 8. The lowest BCUT2D eigenvalue weighted by molar-refractivity contribution is 0.332. The van der Waals surface area contributed by atoms with E-state index in [4.69, 9.17) is 4.42 Å². The van der Waals surface area contributed by atoms with E-state index in [-0.39, 0.29) is 39.2 Å². The highest BCUT2D eigenvalue weighted by Gasteiger charge is 2.50. The Balaban J connectivity index is 1.36. The molecule has 0 atom stereocenters. The fourth-order valence-corrected chi connectivity index (χ4v) is 13.7. The fraction of sp³-hybridized carbons (Fsp3) is 0.467. The van der Waals surface area contributed by atoms with Gasteiger partial charge >= 0.3 is 0 Å². The maximum Gasteiger partial charge on any atom is 0.297 e. The Kier molecular flexibility index (Phi) is 9.42. The van der Waals surface area contributed by atoms with Gasteiger partial charge < -0.3 is 14.2 Å². The first kappa shape index (κ1) is 44.4. The molecule has 1 aromatic heterocycles. The molecule has 0 fully saturated rings. The molecule has 6 aromatic rings. The van der Waals surface area contributed by atoms with Crippen LogP contribution in [0.25, 0.3) is 11.0 Å². The van der Waals surface area contributed by atoms with Gasteiger partial charge in [-0.15, -0.1) is 0 Å². The van der Waals surface area contributed by atoms with E-state index in [1.165, 1.54) is 120 Å². The van der Waals surface area contributed by atoms with Crippen molar-refractivity contribution in [2.45, 2.75) is 182 Å². The van der Waals surface area contributed by atoms with Gasteiger partial charge in [-0.2, -0.15) is 0 Å².